The molecule has 5 nitrogen and oxygen atoms in total. The highest BCUT2D eigenvalue weighted by Gasteiger charge is 2.33. The van der Waals surface area contributed by atoms with Crippen LogP contribution in [0, 0.1) is 0 Å². The molecule has 0 unspecified atom stereocenters. The number of aromatic nitrogens is 2. The second-order valence-electron chi connectivity index (χ2n) is 5.44. The molecule has 1 heterocycles. The average Bonchev–Trinajstić information content (AvgIpc) is 3.09. The Bertz CT molecular complexity index is 940. The van der Waals surface area contributed by atoms with E-state index < -0.39 is 17.6 Å². The Balaban J connectivity index is 1.74. The summed E-state index contributed by atoms with van der Waals surface area (Å²) in [6, 6.07) is 12.7. The maximum Gasteiger partial charge on any atom is 0.418 e. The molecule has 0 bridgehead atoms. The van der Waals surface area contributed by atoms with E-state index in [2.05, 4.69) is 10.4 Å². The third-order valence-corrected chi connectivity index (χ3v) is 3.85. The molecule has 0 aliphatic carbocycles. The average molecular weight is 396 g/mol. The molecular formula is C18H13ClF3N3O2. The standard InChI is InChI=1S/C18H13ClF3N3O2/c19-12-5-7-13(8-6-12)27-11-25-16(9-10-23-25)17(26)24-15-4-2-1-3-14(15)18(20,21)22/h1-10H,11H2,(H,24,26). The van der Waals surface area contributed by atoms with Gasteiger partial charge in [0.15, 0.2) is 6.73 Å². The molecule has 0 saturated heterocycles. The van der Waals surface area contributed by atoms with Crippen LogP contribution in [-0.2, 0) is 12.9 Å². The molecule has 9 heteroatoms. The fraction of sp³-hybridized carbons (Fsp3) is 0.111. The Labute approximate surface area is 157 Å². The first-order valence-corrected chi connectivity index (χ1v) is 8.10. The van der Waals surface area contributed by atoms with Crippen molar-refractivity contribution >= 4 is 23.2 Å². The molecule has 0 aliphatic heterocycles. The van der Waals surface area contributed by atoms with E-state index in [0.29, 0.717) is 10.8 Å². The molecule has 0 saturated carbocycles. The van der Waals surface area contributed by atoms with Gasteiger partial charge >= 0.3 is 6.18 Å². The van der Waals surface area contributed by atoms with Crippen molar-refractivity contribution in [2.45, 2.75) is 12.9 Å². The van der Waals surface area contributed by atoms with Gasteiger partial charge in [0.2, 0.25) is 0 Å². The topological polar surface area (TPSA) is 56.2 Å². The van der Waals surface area contributed by atoms with Crippen molar-refractivity contribution < 1.29 is 22.7 Å². The van der Waals surface area contributed by atoms with Crippen LogP contribution in [0.2, 0.25) is 5.02 Å². The van der Waals surface area contributed by atoms with Gasteiger partial charge in [-0.2, -0.15) is 18.3 Å². The Kier molecular flexibility index (Phi) is 5.36. The second kappa shape index (κ2) is 7.71. The number of para-hydroxylation sites is 1. The van der Waals surface area contributed by atoms with Crippen LogP contribution in [0.1, 0.15) is 16.1 Å². The first-order chi connectivity index (χ1) is 12.8. The van der Waals surface area contributed by atoms with E-state index in [9.17, 15) is 18.0 Å². The van der Waals surface area contributed by atoms with Crippen LogP contribution in [0.4, 0.5) is 18.9 Å². The second-order valence-corrected chi connectivity index (χ2v) is 5.88. The van der Waals surface area contributed by atoms with E-state index in [-0.39, 0.29) is 18.1 Å². The lowest BCUT2D eigenvalue weighted by molar-refractivity contribution is -0.136. The van der Waals surface area contributed by atoms with Crippen LogP contribution in [0.5, 0.6) is 5.75 Å². The zero-order valence-corrected chi connectivity index (χ0v) is 14.5. The Hall–Kier alpha value is -3.00. The normalized spacial score (nSPS) is 11.3. The van der Waals surface area contributed by atoms with Crippen molar-refractivity contribution in [3.05, 3.63) is 77.1 Å². The van der Waals surface area contributed by atoms with E-state index >= 15 is 0 Å². The van der Waals surface area contributed by atoms with Crippen LogP contribution in [0.25, 0.3) is 0 Å². The number of carbonyl (C=O) groups excluding carboxylic acids is 1. The molecule has 3 aromatic rings. The molecule has 0 fully saturated rings. The van der Waals surface area contributed by atoms with Gasteiger partial charge in [0.1, 0.15) is 11.4 Å². The summed E-state index contributed by atoms with van der Waals surface area (Å²) in [7, 11) is 0. The minimum atomic E-state index is -4.58. The molecule has 0 radical (unpaired) electrons. The van der Waals surface area contributed by atoms with Gasteiger partial charge in [-0.25, -0.2) is 4.68 Å². The smallest absolute Gasteiger partial charge is 0.418 e. The van der Waals surface area contributed by atoms with Crippen LogP contribution in [-0.4, -0.2) is 15.7 Å². The van der Waals surface area contributed by atoms with Crippen molar-refractivity contribution in [1.82, 2.24) is 9.78 Å². The van der Waals surface area contributed by atoms with Crippen LogP contribution in [0.15, 0.2) is 60.8 Å². The molecular weight excluding hydrogens is 383 g/mol. The number of carbonyl (C=O) groups is 1. The zero-order valence-electron chi connectivity index (χ0n) is 13.7. The van der Waals surface area contributed by atoms with Crippen molar-refractivity contribution in [3.8, 4) is 5.75 Å². The third kappa shape index (κ3) is 4.59. The number of ether oxygens (including phenoxy) is 1. The van der Waals surface area contributed by atoms with Gasteiger partial charge in [-0.1, -0.05) is 23.7 Å². The summed E-state index contributed by atoms with van der Waals surface area (Å²) >= 11 is 5.79. The summed E-state index contributed by atoms with van der Waals surface area (Å²) in [4.78, 5) is 12.4. The van der Waals surface area contributed by atoms with E-state index in [1.807, 2.05) is 0 Å². The largest absolute Gasteiger partial charge is 0.471 e. The number of hydrogen-bond acceptors (Lipinski definition) is 3. The number of anilines is 1. The molecule has 27 heavy (non-hydrogen) atoms. The van der Waals surface area contributed by atoms with Crippen molar-refractivity contribution in [2.75, 3.05) is 5.32 Å². The van der Waals surface area contributed by atoms with Crippen LogP contribution >= 0.6 is 11.6 Å². The van der Waals surface area contributed by atoms with Gasteiger partial charge in [-0.15, -0.1) is 0 Å². The van der Waals surface area contributed by atoms with Gasteiger partial charge < -0.3 is 10.1 Å². The fourth-order valence-corrected chi connectivity index (χ4v) is 2.45. The minimum Gasteiger partial charge on any atom is -0.471 e. The summed E-state index contributed by atoms with van der Waals surface area (Å²) in [5.74, 6) is -0.229. The highest BCUT2D eigenvalue weighted by molar-refractivity contribution is 6.30. The summed E-state index contributed by atoms with van der Waals surface area (Å²) in [5, 5.41) is 6.78. The van der Waals surface area contributed by atoms with Gasteiger partial charge in [0.05, 0.1) is 11.3 Å². The maximum absolute atomic E-state index is 13.1. The number of alkyl halides is 3. The Morgan fingerprint density at radius 3 is 2.52 bits per heavy atom. The molecule has 3 rings (SSSR count). The number of nitrogens with one attached hydrogen (secondary N) is 1. The molecule has 0 spiro atoms. The van der Waals surface area contributed by atoms with Crippen molar-refractivity contribution in [2.24, 2.45) is 0 Å². The van der Waals surface area contributed by atoms with E-state index in [0.717, 1.165) is 6.07 Å². The highest BCUT2D eigenvalue weighted by atomic mass is 35.5. The molecule has 1 amide bonds. The van der Waals surface area contributed by atoms with Gasteiger partial charge in [-0.3, -0.25) is 4.79 Å². The highest BCUT2D eigenvalue weighted by Crippen LogP contribution is 2.34. The summed E-state index contributed by atoms with van der Waals surface area (Å²) in [6.07, 6.45) is -3.22. The number of halogens is 4. The molecule has 1 N–H and O–H groups in total. The molecule has 0 atom stereocenters. The summed E-state index contributed by atoms with van der Waals surface area (Å²) < 4.78 is 45.9. The summed E-state index contributed by atoms with van der Waals surface area (Å²) in [5.41, 5.74) is -1.20. The first-order valence-electron chi connectivity index (χ1n) is 7.72. The van der Waals surface area contributed by atoms with Crippen LogP contribution < -0.4 is 10.1 Å². The van der Waals surface area contributed by atoms with Crippen molar-refractivity contribution in [1.29, 1.82) is 0 Å². The zero-order chi connectivity index (χ0) is 19.4. The predicted molar refractivity (Wildman–Crippen MR) is 93.7 cm³/mol. The number of nitrogens with zero attached hydrogens (tertiary/aromatic N) is 2. The fourth-order valence-electron chi connectivity index (χ4n) is 2.32. The number of amides is 1. The quantitative estimate of drug-likeness (QED) is 0.672. The molecule has 1 aromatic heterocycles. The Morgan fingerprint density at radius 1 is 1.11 bits per heavy atom. The van der Waals surface area contributed by atoms with E-state index in [1.165, 1.54) is 35.1 Å². The molecule has 0 aliphatic rings. The van der Waals surface area contributed by atoms with E-state index in [4.69, 9.17) is 16.3 Å². The number of rotatable bonds is 5. The lowest BCUT2D eigenvalue weighted by Gasteiger charge is -2.14. The van der Waals surface area contributed by atoms with Gasteiger partial charge in [-0.05, 0) is 42.5 Å². The number of benzene rings is 2. The van der Waals surface area contributed by atoms with Gasteiger partial charge in [0.25, 0.3) is 5.91 Å². The summed E-state index contributed by atoms with van der Waals surface area (Å²) in [6.45, 7) is -0.0989. The molecule has 2 aromatic carbocycles. The SMILES string of the molecule is O=C(Nc1ccccc1C(F)(F)F)c1ccnn1COc1ccc(Cl)cc1. The molecule has 140 valence electrons. The third-order valence-electron chi connectivity index (χ3n) is 3.60. The van der Waals surface area contributed by atoms with Crippen LogP contribution in [0.3, 0.4) is 0 Å². The number of hydrogen-bond donors (Lipinski definition) is 1. The lowest BCUT2D eigenvalue weighted by Crippen LogP contribution is -2.21. The monoisotopic (exact) mass is 395 g/mol. The lowest BCUT2D eigenvalue weighted by atomic mass is 10.1. The first kappa shape index (κ1) is 18.8. The maximum atomic E-state index is 13.1. The van der Waals surface area contributed by atoms with Crippen molar-refractivity contribution in [3.63, 3.8) is 0 Å². The predicted octanol–water partition coefficient (Wildman–Crippen LogP) is 4.84. The van der Waals surface area contributed by atoms with Gasteiger partial charge in [0, 0.05) is 11.2 Å². The minimum absolute atomic E-state index is 0.0564. The Morgan fingerprint density at radius 2 is 1.81 bits per heavy atom. The van der Waals surface area contributed by atoms with E-state index in [1.54, 1.807) is 24.3 Å².